The molecule has 0 radical (unpaired) electrons. The Hall–Kier alpha value is -1.59. The highest BCUT2D eigenvalue weighted by atomic mass is 16.4. The molecule has 0 bridgehead atoms. The minimum atomic E-state index is -0.818. The van der Waals surface area contributed by atoms with Crippen LogP contribution in [0.3, 0.4) is 0 Å². The van der Waals surface area contributed by atoms with Gasteiger partial charge in [0.25, 0.3) is 0 Å². The van der Waals surface area contributed by atoms with Crippen LogP contribution in [0.4, 0.5) is 0 Å². The van der Waals surface area contributed by atoms with Crippen molar-refractivity contribution in [3.05, 3.63) is 0 Å². The molecular weight excluding hydrogens is 248 g/mol. The molecule has 0 heterocycles. The number of nitrogens with one attached hydrogen (secondary N) is 2. The third kappa shape index (κ3) is 3.94. The maximum Gasteiger partial charge on any atom is 0.303 e. The average molecular weight is 268 g/mol. The van der Waals surface area contributed by atoms with Gasteiger partial charge in [0.2, 0.25) is 11.8 Å². The van der Waals surface area contributed by atoms with Crippen molar-refractivity contribution < 1.29 is 19.5 Å². The summed E-state index contributed by atoms with van der Waals surface area (Å²) >= 11 is 0. The van der Waals surface area contributed by atoms with Crippen molar-refractivity contribution in [2.24, 2.45) is 11.8 Å². The van der Waals surface area contributed by atoms with E-state index in [1.807, 2.05) is 0 Å². The molecular formula is C13H20N2O4. The molecule has 2 fully saturated rings. The van der Waals surface area contributed by atoms with Gasteiger partial charge in [-0.2, -0.15) is 0 Å². The van der Waals surface area contributed by atoms with Crippen molar-refractivity contribution in [1.29, 1.82) is 0 Å². The minimum absolute atomic E-state index is 0.101. The van der Waals surface area contributed by atoms with Gasteiger partial charge in [0.15, 0.2) is 0 Å². The first-order valence-electron chi connectivity index (χ1n) is 6.78. The van der Waals surface area contributed by atoms with Crippen molar-refractivity contribution in [3.8, 4) is 0 Å². The van der Waals surface area contributed by atoms with E-state index in [1.54, 1.807) is 6.92 Å². The highest BCUT2D eigenvalue weighted by Gasteiger charge is 2.36. The molecule has 2 aliphatic carbocycles. The number of rotatable bonds is 6. The lowest BCUT2D eigenvalue weighted by molar-refractivity contribution is -0.141. The number of carboxylic acids is 1. The highest BCUT2D eigenvalue weighted by molar-refractivity contribution is 5.88. The number of aliphatic carboxylic acids is 1. The molecule has 0 aliphatic heterocycles. The van der Waals surface area contributed by atoms with Crippen LogP contribution in [-0.2, 0) is 14.4 Å². The van der Waals surface area contributed by atoms with Crippen molar-refractivity contribution in [3.63, 3.8) is 0 Å². The SMILES string of the molecule is CC(NC(=O)C1CC(CC(=O)O)C1)C(=O)NC1CC1. The van der Waals surface area contributed by atoms with Gasteiger partial charge in [-0.3, -0.25) is 14.4 Å². The lowest BCUT2D eigenvalue weighted by Crippen LogP contribution is -2.49. The van der Waals surface area contributed by atoms with Gasteiger partial charge in [0.05, 0.1) is 0 Å². The molecule has 0 aromatic rings. The molecule has 0 saturated heterocycles. The Bertz CT molecular complexity index is 386. The van der Waals surface area contributed by atoms with Crippen LogP contribution in [0.5, 0.6) is 0 Å². The number of carbonyl (C=O) groups excluding carboxylic acids is 2. The quantitative estimate of drug-likeness (QED) is 0.644. The van der Waals surface area contributed by atoms with E-state index in [-0.39, 0.29) is 36.1 Å². The van der Waals surface area contributed by atoms with Gasteiger partial charge in [-0.25, -0.2) is 0 Å². The predicted octanol–water partition coefficient (Wildman–Crippen LogP) is 0.271. The summed E-state index contributed by atoms with van der Waals surface area (Å²) in [6.45, 7) is 1.67. The third-order valence-corrected chi connectivity index (χ3v) is 3.75. The van der Waals surface area contributed by atoms with Gasteiger partial charge in [0.1, 0.15) is 6.04 Å². The van der Waals surface area contributed by atoms with Crippen LogP contribution in [0.1, 0.15) is 39.0 Å². The van der Waals surface area contributed by atoms with E-state index in [4.69, 9.17) is 5.11 Å². The number of hydrogen-bond acceptors (Lipinski definition) is 3. The average Bonchev–Trinajstić information content (AvgIpc) is 3.05. The second kappa shape index (κ2) is 5.59. The number of hydrogen-bond donors (Lipinski definition) is 3. The molecule has 6 heteroatoms. The number of carbonyl (C=O) groups is 3. The smallest absolute Gasteiger partial charge is 0.303 e. The Morgan fingerprint density at radius 2 is 1.89 bits per heavy atom. The summed E-state index contributed by atoms with van der Waals surface area (Å²) < 4.78 is 0. The van der Waals surface area contributed by atoms with Crippen LogP contribution in [0.15, 0.2) is 0 Å². The number of carboxylic acid groups (broad SMARTS) is 1. The van der Waals surface area contributed by atoms with Crippen LogP contribution in [-0.4, -0.2) is 35.0 Å². The highest BCUT2D eigenvalue weighted by Crippen LogP contribution is 2.36. The third-order valence-electron chi connectivity index (χ3n) is 3.75. The Balaban J connectivity index is 1.67. The molecule has 2 rings (SSSR count). The minimum Gasteiger partial charge on any atom is -0.481 e. The van der Waals surface area contributed by atoms with E-state index in [1.165, 1.54) is 0 Å². The fraction of sp³-hybridized carbons (Fsp3) is 0.769. The molecule has 19 heavy (non-hydrogen) atoms. The Morgan fingerprint density at radius 1 is 1.26 bits per heavy atom. The largest absolute Gasteiger partial charge is 0.481 e. The maximum atomic E-state index is 11.8. The predicted molar refractivity (Wildman–Crippen MR) is 67.2 cm³/mol. The van der Waals surface area contributed by atoms with E-state index >= 15 is 0 Å². The van der Waals surface area contributed by atoms with E-state index in [0.29, 0.717) is 12.8 Å². The number of amides is 2. The van der Waals surface area contributed by atoms with Crippen molar-refractivity contribution in [2.75, 3.05) is 0 Å². The van der Waals surface area contributed by atoms with Crippen LogP contribution in [0.2, 0.25) is 0 Å². The van der Waals surface area contributed by atoms with Gasteiger partial charge < -0.3 is 15.7 Å². The molecule has 2 saturated carbocycles. The second-order valence-electron chi connectivity index (χ2n) is 5.65. The Kier molecular flexibility index (Phi) is 4.07. The molecule has 0 aromatic carbocycles. The first-order chi connectivity index (χ1) is 8.95. The summed E-state index contributed by atoms with van der Waals surface area (Å²) in [5.41, 5.74) is 0. The molecule has 1 unspecified atom stereocenters. The van der Waals surface area contributed by atoms with Crippen LogP contribution in [0, 0.1) is 11.8 Å². The Labute approximate surface area is 111 Å². The lowest BCUT2D eigenvalue weighted by atomic mass is 9.73. The molecule has 2 aliphatic rings. The van der Waals surface area contributed by atoms with Crippen LogP contribution in [0.25, 0.3) is 0 Å². The maximum absolute atomic E-state index is 11.8. The van der Waals surface area contributed by atoms with E-state index in [2.05, 4.69) is 10.6 Å². The molecule has 1 atom stereocenters. The summed E-state index contributed by atoms with van der Waals surface area (Å²) in [6, 6.07) is -0.234. The van der Waals surface area contributed by atoms with Crippen molar-refractivity contribution >= 4 is 17.8 Å². The van der Waals surface area contributed by atoms with Crippen LogP contribution >= 0.6 is 0 Å². The standard InChI is InChI=1S/C13H20N2O4/c1-7(12(18)15-10-2-3-10)14-13(19)9-4-8(5-9)6-11(16)17/h7-10H,2-6H2,1H3,(H,14,19)(H,15,18)(H,16,17). The topological polar surface area (TPSA) is 95.5 Å². The fourth-order valence-electron chi connectivity index (χ4n) is 2.31. The monoisotopic (exact) mass is 268 g/mol. The fourth-order valence-corrected chi connectivity index (χ4v) is 2.31. The molecule has 0 aromatic heterocycles. The molecule has 6 nitrogen and oxygen atoms in total. The summed E-state index contributed by atoms with van der Waals surface area (Å²) in [5.74, 6) is -1.14. The zero-order valence-electron chi connectivity index (χ0n) is 11.0. The first kappa shape index (κ1) is 13.8. The molecule has 106 valence electrons. The summed E-state index contributed by atoms with van der Waals surface area (Å²) in [6.07, 6.45) is 3.38. The zero-order valence-corrected chi connectivity index (χ0v) is 11.0. The van der Waals surface area contributed by atoms with Gasteiger partial charge in [0, 0.05) is 18.4 Å². The molecule has 2 amide bonds. The van der Waals surface area contributed by atoms with Crippen molar-refractivity contribution in [2.45, 2.75) is 51.1 Å². The summed E-state index contributed by atoms with van der Waals surface area (Å²) in [5, 5.41) is 14.2. The van der Waals surface area contributed by atoms with Gasteiger partial charge in [-0.05, 0) is 38.5 Å². The second-order valence-corrected chi connectivity index (χ2v) is 5.65. The van der Waals surface area contributed by atoms with Gasteiger partial charge in [-0.15, -0.1) is 0 Å². The van der Waals surface area contributed by atoms with E-state index < -0.39 is 12.0 Å². The molecule has 0 spiro atoms. The zero-order chi connectivity index (χ0) is 14.0. The summed E-state index contributed by atoms with van der Waals surface area (Å²) in [7, 11) is 0. The molecule has 3 N–H and O–H groups in total. The van der Waals surface area contributed by atoms with E-state index in [9.17, 15) is 14.4 Å². The normalized spacial score (nSPS) is 27.0. The van der Waals surface area contributed by atoms with Crippen molar-refractivity contribution in [1.82, 2.24) is 10.6 Å². The van der Waals surface area contributed by atoms with Crippen LogP contribution < -0.4 is 10.6 Å². The van der Waals surface area contributed by atoms with Gasteiger partial charge in [-0.1, -0.05) is 0 Å². The van der Waals surface area contributed by atoms with Gasteiger partial charge >= 0.3 is 5.97 Å². The van der Waals surface area contributed by atoms with E-state index in [0.717, 1.165) is 12.8 Å². The Morgan fingerprint density at radius 3 is 2.42 bits per heavy atom. The lowest BCUT2D eigenvalue weighted by Gasteiger charge is -2.33. The first-order valence-corrected chi connectivity index (χ1v) is 6.78. The summed E-state index contributed by atoms with van der Waals surface area (Å²) in [4.78, 5) is 34.0.